The van der Waals surface area contributed by atoms with Crippen LogP contribution < -0.4 is 4.90 Å². The molecule has 0 saturated carbocycles. The van der Waals surface area contributed by atoms with Crippen LogP contribution in [0.3, 0.4) is 0 Å². The topological polar surface area (TPSA) is 74.8 Å². The van der Waals surface area contributed by atoms with Gasteiger partial charge < -0.3 is 9.80 Å². The Hall–Kier alpha value is -2.67. The van der Waals surface area contributed by atoms with Crippen LogP contribution in [0.2, 0.25) is 0 Å². The number of hydrogen-bond acceptors (Lipinski definition) is 4. The average molecular weight is 441 g/mol. The van der Waals surface area contributed by atoms with Crippen LogP contribution in [-0.2, 0) is 32.4 Å². The van der Waals surface area contributed by atoms with E-state index in [0.717, 1.165) is 23.2 Å². The third-order valence-corrected chi connectivity index (χ3v) is 8.02. The first-order valence-corrected chi connectivity index (χ1v) is 12.6. The zero-order valence-corrected chi connectivity index (χ0v) is 18.6. The summed E-state index contributed by atoms with van der Waals surface area (Å²) >= 11 is 0. The van der Waals surface area contributed by atoms with E-state index >= 15 is 0 Å². The molecule has 2 fully saturated rings. The van der Waals surface area contributed by atoms with Gasteiger partial charge in [-0.05, 0) is 30.0 Å². The number of para-hydroxylation sites is 1. The number of hydrogen-bond donors (Lipinski definition) is 0. The predicted molar refractivity (Wildman–Crippen MR) is 120 cm³/mol. The standard InChI is InChI=1S/C24H28N2O4S/c1-2-19-10-6-7-11-22(19)26-16-20(14-23(26)27)24(28)25(15-18-8-4-3-5-9-18)21-12-13-31(29,30)17-21/h3-11,20-21H,2,12-17H2,1H3/t20-,21-/m1/s1. The first kappa shape index (κ1) is 21.6. The second-order valence-electron chi connectivity index (χ2n) is 8.40. The molecule has 0 aliphatic carbocycles. The fourth-order valence-electron chi connectivity index (χ4n) is 4.60. The fraction of sp³-hybridized carbons (Fsp3) is 0.417. The molecule has 6 nitrogen and oxygen atoms in total. The van der Waals surface area contributed by atoms with Crippen molar-refractivity contribution in [3.63, 3.8) is 0 Å². The highest BCUT2D eigenvalue weighted by Gasteiger charge is 2.41. The first-order valence-electron chi connectivity index (χ1n) is 10.8. The normalized spacial score (nSPS) is 22.6. The number of sulfone groups is 1. The Kier molecular flexibility index (Phi) is 6.14. The van der Waals surface area contributed by atoms with Gasteiger partial charge in [0.05, 0.1) is 17.4 Å². The lowest BCUT2D eigenvalue weighted by molar-refractivity contribution is -0.138. The van der Waals surface area contributed by atoms with Crippen LogP contribution in [0.1, 0.15) is 30.9 Å². The lowest BCUT2D eigenvalue weighted by atomic mass is 10.0. The van der Waals surface area contributed by atoms with E-state index in [1.807, 2.05) is 61.5 Å². The molecule has 2 aliphatic rings. The Labute approximate surface area is 183 Å². The lowest BCUT2D eigenvalue weighted by Crippen LogP contribution is -2.44. The van der Waals surface area contributed by atoms with Crippen LogP contribution in [0, 0.1) is 5.92 Å². The summed E-state index contributed by atoms with van der Waals surface area (Å²) in [5, 5.41) is 0. The second kappa shape index (κ2) is 8.83. The van der Waals surface area contributed by atoms with Crippen molar-refractivity contribution < 1.29 is 18.0 Å². The van der Waals surface area contributed by atoms with Gasteiger partial charge in [-0.25, -0.2) is 8.42 Å². The highest BCUT2D eigenvalue weighted by molar-refractivity contribution is 7.91. The Balaban J connectivity index is 1.57. The van der Waals surface area contributed by atoms with E-state index in [2.05, 4.69) is 0 Å². The Morgan fingerprint density at radius 1 is 1.10 bits per heavy atom. The Morgan fingerprint density at radius 3 is 2.48 bits per heavy atom. The molecule has 2 aliphatic heterocycles. The predicted octanol–water partition coefficient (Wildman–Crippen LogP) is 2.82. The summed E-state index contributed by atoms with van der Waals surface area (Å²) in [4.78, 5) is 29.8. The van der Waals surface area contributed by atoms with Gasteiger partial charge in [-0.2, -0.15) is 0 Å². The molecule has 2 saturated heterocycles. The Morgan fingerprint density at radius 2 is 1.81 bits per heavy atom. The summed E-state index contributed by atoms with van der Waals surface area (Å²) in [5.74, 6) is -0.553. The SMILES string of the molecule is CCc1ccccc1N1C[C@H](C(=O)N(Cc2ccccc2)[C@@H]2CCS(=O)(=O)C2)CC1=O. The van der Waals surface area contributed by atoms with Gasteiger partial charge in [0.2, 0.25) is 11.8 Å². The van der Waals surface area contributed by atoms with Crippen LogP contribution in [0.25, 0.3) is 0 Å². The van der Waals surface area contributed by atoms with Gasteiger partial charge in [0.1, 0.15) is 0 Å². The van der Waals surface area contributed by atoms with E-state index in [9.17, 15) is 18.0 Å². The molecule has 2 aromatic rings. The van der Waals surface area contributed by atoms with Gasteiger partial charge in [0, 0.05) is 31.2 Å². The number of nitrogens with zero attached hydrogens (tertiary/aromatic N) is 2. The number of benzene rings is 2. The molecule has 0 N–H and O–H groups in total. The smallest absolute Gasteiger partial charge is 0.228 e. The largest absolute Gasteiger partial charge is 0.334 e. The zero-order chi connectivity index (χ0) is 22.0. The van der Waals surface area contributed by atoms with Crippen LogP contribution in [-0.4, -0.2) is 49.2 Å². The zero-order valence-electron chi connectivity index (χ0n) is 17.7. The minimum atomic E-state index is -3.13. The summed E-state index contributed by atoms with van der Waals surface area (Å²) in [6.07, 6.45) is 1.41. The molecule has 31 heavy (non-hydrogen) atoms. The number of carbonyl (C=O) groups is 2. The molecule has 2 atom stereocenters. The van der Waals surface area contributed by atoms with Gasteiger partial charge in [0.25, 0.3) is 0 Å². The number of aryl methyl sites for hydroxylation is 1. The van der Waals surface area contributed by atoms with E-state index in [1.165, 1.54) is 0 Å². The molecule has 0 radical (unpaired) electrons. The molecule has 0 unspecified atom stereocenters. The summed E-state index contributed by atoms with van der Waals surface area (Å²) in [5.41, 5.74) is 2.90. The van der Waals surface area contributed by atoms with Crippen LogP contribution >= 0.6 is 0 Å². The number of anilines is 1. The van der Waals surface area contributed by atoms with E-state index in [-0.39, 0.29) is 35.8 Å². The molecular weight excluding hydrogens is 412 g/mol. The van der Waals surface area contributed by atoms with E-state index in [1.54, 1.807) is 9.80 Å². The first-order chi connectivity index (χ1) is 14.9. The maximum atomic E-state index is 13.6. The molecule has 0 spiro atoms. The minimum Gasteiger partial charge on any atom is -0.334 e. The van der Waals surface area contributed by atoms with Gasteiger partial charge >= 0.3 is 0 Å². The molecule has 2 amide bonds. The van der Waals surface area contributed by atoms with Crippen molar-refractivity contribution in [2.24, 2.45) is 5.92 Å². The van der Waals surface area contributed by atoms with E-state index < -0.39 is 15.8 Å². The maximum Gasteiger partial charge on any atom is 0.228 e. The van der Waals surface area contributed by atoms with Gasteiger partial charge in [-0.1, -0.05) is 55.5 Å². The summed E-state index contributed by atoms with van der Waals surface area (Å²) in [6, 6.07) is 17.0. The second-order valence-corrected chi connectivity index (χ2v) is 10.6. The molecule has 2 heterocycles. The Bertz CT molecular complexity index is 1070. The number of amides is 2. The van der Waals surface area contributed by atoms with Crippen LogP contribution in [0.15, 0.2) is 54.6 Å². The monoisotopic (exact) mass is 440 g/mol. The van der Waals surface area contributed by atoms with Crippen LogP contribution in [0.4, 0.5) is 5.69 Å². The van der Waals surface area contributed by atoms with E-state index in [4.69, 9.17) is 0 Å². The minimum absolute atomic E-state index is 0.00533. The summed E-state index contributed by atoms with van der Waals surface area (Å²) in [7, 11) is -3.13. The van der Waals surface area contributed by atoms with Crippen molar-refractivity contribution >= 4 is 27.3 Å². The summed E-state index contributed by atoms with van der Waals surface area (Å²) < 4.78 is 24.2. The van der Waals surface area contributed by atoms with Gasteiger partial charge in [-0.3, -0.25) is 9.59 Å². The van der Waals surface area contributed by atoms with Crippen molar-refractivity contribution in [3.05, 3.63) is 65.7 Å². The molecule has 2 aromatic carbocycles. The van der Waals surface area contributed by atoms with E-state index in [0.29, 0.717) is 19.5 Å². The number of rotatable bonds is 6. The van der Waals surface area contributed by atoms with Crippen molar-refractivity contribution in [1.82, 2.24) is 4.90 Å². The van der Waals surface area contributed by atoms with Gasteiger partial charge in [0.15, 0.2) is 9.84 Å². The van der Waals surface area contributed by atoms with Crippen molar-refractivity contribution in [2.45, 2.75) is 38.8 Å². The lowest BCUT2D eigenvalue weighted by Gasteiger charge is -2.31. The third-order valence-electron chi connectivity index (χ3n) is 6.27. The number of carbonyl (C=O) groups excluding carboxylic acids is 2. The average Bonchev–Trinajstić information content (AvgIpc) is 3.34. The molecule has 0 bridgehead atoms. The molecule has 7 heteroatoms. The van der Waals surface area contributed by atoms with Crippen molar-refractivity contribution in [3.8, 4) is 0 Å². The molecular formula is C24H28N2O4S. The molecule has 4 rings (SSSR count). The third kappa shape index (κ3) is 4.66. The van der Waals surface area contributed by atoms with Crippen LogP contribution in [0.5, 0.6) is 0 Å². The highest BCUT2D eigenvalue weighted by Crippen LogP contribution is 2.31. The molecule has 0 aromatic heterocycles. The fourth-order valence-corrected chi connectivity index (χ4v) is 6.33. The van der Waals surface area contributed by atoms with Crippen molar-refractivity contribution in [1.29, 1.82) is 0 Å². The van der Waals surface area contributed by atoms with Crippen molar-refractivity contribution in [2.75, 3.05) is 23.0 Å². The highest BCUT2D eigenvalue weighted by atomic mass is 32.2. The van der Waals surface area contributed by atoms with Gasteiger partial charge in [-0.15, -0.1) is 0 Å². The maximum absolute atomic E-state index is 13.6. The molecule has 164 valence electrons. The quantitative estimate of drug-likeness (QED) is 0.692. The summed E-state index contributed by atoms with van der Waals surface area (Å²) in [6.45, 7) is 2.74.